The molecule has 1 aromatic carbocycles. The van der Waals surface area contributed by atoms with Gasteiger partial charge in [-0.05, 0) is 29.1 Å². The number of aliphatic hydroxyl groups is 1. The highest BCUT2D eigenvalue weighted by atomic mass is 35.5. The Kier molecular flexibility index (Phi) is 2.54. The van der Waals surface area contributed by atoms with Crippen LogP contribution in [-0.2, 0) is 6.61 Å². The number of rotatable bonds is 2. The Morgan fingerprint density at radius 3 is 2.86 bits per heavy atom. The van der Waals surface area contributed by atoms with Crippen molar-refractivity contribution in [2.45, 2.75) is 6.61 Å². The van der Waals surface area contributed by atoms with Crippen LogP contribution in [0.3, 0.4) is 0 Å². The number of aldehydes is 1. The van der Waals surface area contributed by atoms with Gasteiger partial charge in [0.25, 0.3) is 0 Å². The zero-order chi connectivity index (χ0) is 10.1. The van der Waals surface area contributed by atoms with E-state index in [9.17, 15) is 4.79 Å². The van der Waals surface area contributed by atoms with Crippen LogP contribution in [0.25, 0.3) is 10.1 Å². The number of halogens is 1. The molecule has 0 spiro atoms. The first-order chi connectivity index (χ1) is 6.74. The van der Waals surface area contributed by atoms with Gasteiger partial charge in [-0.1, -0.05) is 11.6 Å². The van der Waals surface area contributed by atoms with Crippen LogP contribution in [0.15, 0.2) is 18.2 Å². The standard InChI is InChI=1S/C10H7ClO2S/c11-9-3-7-1-6(4-12)2-8(5-13)10(7)14-9/h1-3,5,12H,4H2. The number of aliphatic hydroxyl groups excluding tert-OH is 1. The van der Waals surface area contributed by atoms with Crippen molar-refractivity contribution in [1.82, 2.24) is 0 Å². The molecule has 0 aliphatic heterocycles. The van der Waals surface area contributed by atoms with E-state index in [1.165, 1.54) is 11.3 Å². The molecule has 0 unspecified atom stereocenters. The lowest BCUT2D eigenvalue weighted by Crippen LogP contribution is -1.86. The van der Waals surface area contributed by atoms with Crippen molar-refractivity contribution in [3.8, 4) is 0 Å². The van der Waals surface area contributed by atoms with Gasteiger partial charge in [-0.15, -0.1) is 11.3 Å². The van der Waals surface area contributed by atoms with Gasteiger partial charge in [0, 0.05) is 10.3 Å². The molecule has 0 aliphatic carbocycles. The van der Waals surface area contributed by atoms with E-state index in [4.69, 9.17) is 16.7 Å². The van der Waals surface area contributed by atoms with E-state index in [0.29, 0.717) is 9.90 Å². The van der Waals surface area contributed by atoms with Crippen molar-refractivity contribution >= 4 is 39.3 Å². The quantitative estimate of drug-likeness (QED) is 0.800. The number of benzene rings is 1. The molecule has 0 amide bonds. The summed E-state index contributed by atoms with van der Waals surface area (Å²) >= 11 is 7.22. The Hall–Kier alpha value is -0.900. The van der Waals surface area contributed by atoms with Crippen molar-refractivity contribution in [3.05, 3.63) is 33.7 Å². The molecule has 2 rings (SSSR count). The van der Waals surface area contributed by atoms with Gasteiger partial charge in [0.05, 0.1) is 10.9 Å². The van der Waals surface area contributed by atoms with Gasteiger partial charge in [0.1, 0.15) is 0 Å². The molecule has 0 bridgehead atoms. The molecule has 1 N–H and O–H groups in total. The second kappa shape index (κ2) is 3.69. The molecule has 0 aliphatic rings. The minimum Gasteiger partial charge on any atom is -0.392 e. The smallest absolute Gasteiger partial charge is 0.151 e. The lowest BCUT2D eigenvalue weighted by molar-refractivity contribution is 0.112. The molecule has 2 aromatic rings. The number of hydrogen-bond donors (Lipinski definition) is 1. The molecular weight excluding hydrogens is 220 g/mol. The van der Waals surface area contributed by atoms with Crippen molar-refractivity contribution < 1.29 is 9.90 Å². The predicted octanol–water partition coefficient (Wildman–Crippen LogP) is 2.86. The summed E-state index contributed by atoms with van der Waals surface area (Å²) < 4.78 is 1.53. The number of carbonyl (C=O) groups is 1. The van der Waals surface area contributed by atoms with E-state index < -0.39 is 0 Å². The zero-order valence-electron chi connectivity index (χ0n) is 7.16. The highest BCUT2D eigenvalue weighted by molar-refractivity contribution is 7.23. The third-order valence-electron chi connectivity index (χ3n) is 1.98. The Bertz CT molecular complexity index is 490. The maximum Gasteiger partial charge on any atom is 0.151 e. The van der Waals surface area contributed by atoms with Gasteiger partial charge in [-0.3, -0.25) is 4.79 Å². The van der Waals surface area contributed by atoms with Gasteiger partial charge in [0.15, 0.2) is 6.29 Å². The van der Waals surface area contributed by atoms with E-state index in [2.05, 4.69) is 0 Å². The third-order valence-corrected chi connectivity index (χ3v) is 3.31. The third kappa shape index (κ3) is 1.54. The van der Waals surface area contributed by atoms with Crippen LogP contribution < -0.4 is 0 Å². The summed E-state index contributed by atoms with van der Waals surface area (Å²) in [5, 5.41) is 9.89. The van der Waals surface area contributed by atoms with Crippen LogP contribution in [-0.4, -0.2) is 11.4 Å². The molecule has 0 saturated heterocycles. The van der Waals surface area contributed by atoms with Crippen molar-refractivity contribution in [3.63, 3.8) is 0 Å². The highest BCUT2D eigenvalue weighted by Gasteiger charge is 2.06. The van der Waals surface area contributed by atoms with Gasteiger partial charge in [-0.25, -0.2) is 0 Å². The summed E-state index contributed by atoms with van der Waals surface area (Å²) in [6, 6.07) is 5.32. The van der Waals surface area contributed by atoms with Crippen molar-refractivity contribution in [2.75, 3.05) is 0 Å². The average molecular weight is 227 g/mol. The summed E-state index contributed by atoms with van der Waals surface area (Å²) in [4.78, 5) is 10.8. The maximum atomic E-state index is 10.8. The fourth-order valence-electron chi connectivity index (χ4n) is 1.39. The fourth-order valence-corrected chi connectivity index (χ4v) is 2.58. The minimum atomic E-state index is -0.0652. The minimum absolute atomic E-state index is 0.0652. The molecule has 4 heteroatoms. The number of hydrogen-bond acceptors (Lipinski definition) is 3. The first-order valence-corrected chi connectivity index (χ1v) is 5.22. The molecule has 0 radical (unpaired) electrons. The predicted molar refractivity (Wildman–Crippen MR) is 58.1 cm³/mol. The lowest BCUT2D eigenvalue weighted by atomic mass is 10.1. The van der Waals surface area contributed by atoms with Gasteiger partial charge in [0.2, 0.25) is 0 Å². The van der Waals surface area contributed by atoms with E-state index >= 15 is 0 Å². The first-order valence-electron chi connectivity index (χ1n) is 4.02. The Balaban J connectivity index is 2.78. The highest BCUT2D eigenvalue weighted by Crippen LogP contribution is 2.32. The average Bonchev–Trinajstić information content (AvgIpc) is 2.56. The molecule has 14 heavy (non-hydrogen) atoms. The van der Waals surface area contributed by atoms with Crippen LogP contribution in [0.5, 0.6) is 0 Å². The molecule has 0 saturated carbocycles. The molecule has 1 aromatic heterocycles. The van der Waals surface area contributed by atoms with Crippen molar-refractivity contribution in [2.24, 2.45) is 0 Å². The lowest BCUT2D eigenvalue weighted by Gasteiger charge is -1.98. The van der Waals surface area contributed by atoms with Gasteiger partial charge < -0.3 is 5.11 Å². The summed E-state index contributed by atoms with van der Waals surface area (Å²) in [6.07, 6.45) is 0.786. The van der Waals surface area contributed by atoms with Gasteiger partial charge >= 0.3 is 0 Å². The summed E-state index contributed by atoms with van der Waals surface area (Å²) in [6.45, 7) is -0.0652. The molecule has 1 heterocycles. The molecule has 0 fully saturated rings. The summed E-state index contributed by atoms with van der Waals surface area (Å²) in [5.41, 5.74) is 1.32. The molecule has 2 nitrogen and oxygen atoms in total. The number of fused-ring (bicyclic) bond motifs is 1. The van der Waals surface area contributed by atoms with Crippen LogP contribution in [0, 0.1) is 0 Å². The van der Waals surface area contributed by atoms with E-state index in [0.717, 1.165) is 21.9 Å². The molecule has 0 atom stereocenters. The normalized spacial score (nSPS) is 10.7. The SMILES string of the molecule is O=Cc1cc(CO)cc2cc(Cl)sc12. The Morgan fingerprint density at radius 1 is 1.43 bits per heavy atom. The van der Waals surface area contributed by atoms with Crippen LogP contribution in [0.1, 0.15) is 15.9 Å². The van der Waals surface area contributed by atoms with E-state index in [-0.39, 0.29) is 6.61 Å². The number of carbonyl (C=O) groups excluding carboxylic acids is 1. The van der Waals surface area contributed by atoms with Crippen LogP contribution >= 0.6 is 22.9 Å². The topological polar surface area (TPSA) is 37.3 Å². The second-order valence-corrected chi connectivity index (χ2v) is 4.61. The maximum absolute atomic E-state index is 10.8. The van der Waals surface area contributed by atoms with Crippen LogP contribution in [0.4, 0.5) is 0 Å². The first kappa shape index (κ1) is 9.65. The van der Waals surface area contributed by atoms with Crippen LogP contribution in [0.2, 0.25) is 4.34 Å². The van der Waals surface area contributed by atoms with E-state index in [1.54, 1.807) is 12.1 Å². The summed E-state index contributed by atoms with van der Waals surface area (Å²) in [7, 11) is 0. The monoisotopic (exact) mass is 226 g/mol. The Labute approximate surface area is 89.7 Å². The molecule has 72 valence electrons. The number of thiophene rings is 1. The van der Waals surface area contributed by atoms with E-state index in [1.807, 2.05) is 6.07 Å². The second-order valence-electron chi connectivity index (χ2n) is 2.93. The largest absolute Gasteiger partial charge is 0.392 e. The Morgan fingerprint density at radius 2 is 2.21 bits per heavy atom. The van der Waals surface area contributed by atoms with Crippen molar-refractivity contribution in [1.29, 1.82) is 0 Å². The van der Waals surface area contributed by atoms with Gasteiger partial charge in [-0.2, -0.15) is 0 Å². The molecular formula is C10H7ClO2S. The zero-order valence-corrected chi connectivity index (χ0v) is 8.73. The fraction of sp³-hybridized carbons (Fsp3) is 0.100. The summed E-state index contributed by atoms with van der Waals surface area (Å²) in [5.74, 6) is 0.